The third-order valence-corrected chi connectivity index (χ3v) is 2.74. The number of ketones is 1. The van der Waals surface area contributed by atoms with Gasteiger partial charge in [-0.25, -0.2) is 4.79 Å². The Morgan fingerprint density at radius 2 is 1.78 bits per heavy atom. The summed E-state index contributed by atoms with van der Waals surface area (Å²) in [5.41, 5.74) is 0.763. The van der Waals surface area contributed by atoms with Gasteiger partial charge in [-0.3, -0.25) is 4.79 Å². The SMILES string of the molecule is O=C(O)NC(Cc1ccccc1)C(=O)C(Cl)(Cl)Cl. The van der Waals surface area contributed by atoms with E-state index in [1.54, 1.807) is 30.3 Å². The Hall–Kier alpha value is -0.970. The van der Waals surface area contributed by atoms with Crippen molar-refractivity contribution < 1.29 is 14.7 Å². The van der Waals surface area contributed by atoms with E-state index in [1.807, 2.05) is 5.32 Å². The fourth-order valence-corrected chi connectivity index (χ4v) is 1.80. The Morgan fingerprint density at radius 1 is 1.22 bits per heavy atom. The van der Waals surface area contributed by atoms with Crippen molar-refractivity contribution in [1.29, 1.82) is 0 Å². The number of hydrogen-bond acceptors (Lipinski definition) is 2. The summed E-state index contributed by atoms with van der Waals surface area (Å²) in [4.78, 5) is 22.4. The van der Waals surface area contributed by atoms with E-state index in [2.05, 4.69) is 0 Å². The number of Topliss-reactive ketones (excluding diaryl/α,β-unsaturated/α-hetero) is 1. The van der Waals surface area contributed by atoms with Crippen LogP contribution in [0.3, 0.4) is 0 Å². The highest BCUT2D eigenvalue weighted by atomic mass is 35.6. The van der Waals surface area contributed by atoms with Gasteiger partial charge in [0, 0.05) is 6.42 Å². The Kier molecular flexibility index (Phi) is 5.26. The summed E-state index contributed by atoms with van der Waals surface area (Å²) in [5.74, 6) is -0.807. The van der Waals surface area contributed by atoms with E-state index < -0.39 is 21.7 Å². The molecule has 0 aliphatic heterocycles. The first-order chi connectivity index (χ1) is 8.30. The quantitative estimate of drug-likeness (QED) is 0.840. The molecule has 1 aromatic carbocycles. The maximum absolute atomic E-state index is 11.8. The van der Waals surface area contributed by atoms with Crippen LogP contribution in [0.15, 0.2) is 30.3 Å². The summed E-state index contributed by atoms with van der Waals surface area (Å²) in [6.45, 7) is 0. The van der Waals surface area contributed by atoms with Crippen LogP contribution in [-0.4, -0.2) is 26.8 Å². The molecule has 1 rings (SSSR count). The summed E-state index contributed by atoms with van der Waals surface area (Å²) in [5, 5.41) is 10.7. The van der Waals surface area contributed by atoms with Crippen LogP contribution in [-0.2, 0) is 11.2 Å². The molecule has 4 nitrogen and oxygen atoms in total. The zero-order valence-corrected chi connectivity index (χ0v) is 11.3. The van der Waals surface area contributed by atoms with Crippen molar-refractivity contribution >= 4 is 46.7 Å². The number of benzene rings is 1. The van der Waals surface area contributed by atoms with Gasteiger partial charge >= 0.3 is 6.09 Å². The molecule has 1 aromatic rings. The summed E-state index contributed by atoms with van der Waals surface area (Å²) in [6.07, 6.45) is -1.22. The van der Waals surface area contributed by atoms with E-state index in [1.165, 1.54) is 0 Å². The van der Waals surface area contributed by atoms with Crippen LogP contribution in [0.1, 0.15) is 5.56 Å². The number of carbonyl (C=O) groups is 2. The second-order valence-electron chi connectivity index (χ2n) is 3.55. The van der Waals surface area contributed by atoms with E-state index in [0.29, 0.717) is 0 Å². The molecule has 2 N–H and O–H groups in total. The molecule has 98 valence electrons. The number of carbonyl (C=O) groups excluding carboxylic acids is 1. The molecule has 0 saturated heterocycles. The predicted octanol–water partition coefficient (Wildman–Crippen LogP) is 2.80. The first kappa shape index (κ1) is 15.1. The second kappa shape index (κ2) is 6.27. The molecule has 0 saturated carbocycles. The monoisotopic (exact) mass is 309 g/mol. The van der Waals surface area contributed by atoms with Gasteiger partial charge in [0.1, 0.15) is 0 Å². The third-order valence-electron chi connectivity index (χ3n) is 2.18. The van der Waals surface area contributed by atoms with Gasteiger partial charge in [0.05, 0.1) is 6.04 Å². The maximum atomic E-state index is 11.8. The number of nitrogens with one attached hydrogen (secondary N) is 1. The standard InChI is InChI=1S/C11H10Cl3NO3/c12-11(13,14)9(16)8(15-10(17)18)6-7-4-2-1-3-5-7/h1-5,8,15H,6H2,(H,17,18). The first-order valence-corrected chi connectivity index (χ1v) is 6.08. The zero-order valence-electron chi connectivity index (χ0n) is 9.07. The Morgan fingerprint density at radius 3 is 2.22 bits per heavy atom. The average molecular weight is 311 g/mol. The molecule has 0 fully saturated rings. The van der Waals surface area contributed by atoms with Crippen molar-refractivity contribution in [2.75, 3.05) is 0 Å². The molecule has 0 aromatic heterocycles. The van der Waals surface area contributed by atoms with E-state index in [-0.39, 0.29) is 6.42 Å². The number of halogens is 3. The molecular weight excluding hydrogens is 300 g/mol. The van der Waals surface area contributed by atoms with Crippen LogP contribution in [0.4, 0.5) is 4.79 Å². The van der Waals surface area contributed by atoms with Crippen molar-refractivity contribution in [3.05, 3.63) is 35.9 Å². The fourth-order valence-electron chi connectivity index (χ4n) is 1.41. The van der Waals surface area contributed by atoms with Crippen molar-refractivity contribution in [1.82, 2.24) is 5.32 Å². The number of alkyl halides is 3. The minimum Gasteiger partial charge on any atom is -0.465 e. The molecule has 0 aliphatic carbocycles. The van der Waals surface area contributed by atoms with Crippen molar-refractivity contribution in [3.8, 4) is 0 Å². The lowest BCUT2D eigenvalue weighted by molar-refractivity contribution is -0.120. The smallest absolute Gasteiger partial charge is 0.405 e. The highest BCUT2D eigenvalue weighted by Gasteiger charge is 2.37. The van der Waals surface area contributed by atoms with Gasteiger partial charge in [-0.2, -0.15) is 0 Å². The molecule has 0 aliphatic rings. The van der Waals surface area contributed by atoms with Gasteiger partial charge in [0.2, 0.25) is 5.78 Å². The van der Waals surface area contributed by atoms with Crippen LogP contribution < -0.4 is 5.32 Å². The summed E-state index contributed by atoms with van der Waals surface area (Å²) < 4.78 is -2.15. The van der Waals surface area contributed by atoms with Crippen LogP contribution in [0.2, 0.25) is 0 Å². The second-order valence-corrected chi connectivity index (χ2v) is 5.84. The summed E-state index contributed by atoms with van der Waals surface area (Å²) >= 11 is 16.4. The minimum absolute atomic E-state index is 0.125. The topological polar surface area (TPSA) is 66.4 Å². The molecule has 0 heterocycles. The fraction of sp³-hybridized carbons (Fsp3) is 0.273. The van der Waals surface area contributed by atoms with Gasteiger partial charge in [-0.15, -0.1) is 0 Å². The molecule has 0 spiro atoms. The lowest BCUT2D eigenvalue weighted by Crippen LogP contribution is -2.46. The maximum Gasteiger partial charge on any atom is 0.405 e. The van der Waals surface area contributed by atoms with Crippen molar-refractivity contribution in [2.45, 2.75) is 16.3 Å². The number of hydrogen-bond donors (Lipinski definition) is 2. The lowest BCUT2D eigenvalue weighted by atomic mass is 10.0. The molecule has 0 bridgehead atoms. The van der Waals surface area contributed by atoms with Crippen LogP contribution in [0.5, 0.6) is 0 Å². The van der Waals surface area contributed by atoms with Gasteiger partial charge in [0.15, 0.2) is 0 Å². The summed E-state index contributed by atoms with van der Waals surface area (Å²) in [6, 6.07) is 7.75. The number of amides is 1. The minimum atomic E-state index is -2.15. The van der Waals surface area contributed by atoms with Gasteiger partial charge in [-0.1, -0.05) is 65.1 Å². The molecule has 1 atom stereocenters. The average Bonchev–Trinajstić information content (AvgIpc) is 2.26. The van der Waals surface area contributed by atoms with Crippen LogP contribution >= 0.6 is 34.8 Å². The molecule has 7 heteroatoms. The van der Waals surface area contributed by atoms with Gasteiger partial charge < -0.3 is 10.4 Å². The Labute approximate surface area is 119 Å². The van der Waals surface area contributed by atoms with Gasteiger partial charge in [-0.05, 0) is 5.56 Å². The molecule has 1 unspecified atom stereocenters. The first-order valence-electron chi connectivity index (χ1n) is 4.95. The largest absolute Gasteiger partial charge is 0.465 e. The molecule has 1 amide bonds. The van der Waals surface area contributed by atoms with Crippen molar-refractivity contribution in [3.63, 3.8) is 0 Å². The van der Waals surface area contributed by atoms with E-state index in [0.717, 1.165) is 5.56 Å². The van der Waals surface area contributed by atoms with Crippen LogP contribution in [0.25, 0.3) is 0 Å². The Balaban J connectivity index is 2.86. The van der Waals surface area contributed by atoms with Crippen molar-refractivity contribution in [2.24, 2.45) is 0 Å². The zero-order chi connectivity index (χ0) is 13.8. The number of carboxylic acid groups (broad SMARTS) is 1. The highest BCUT2D eigenvalue weighted by molar-refractivity contribution is 6.76. The molecule has 18 heavy (non-hydrogen) atoms. The van der Waals surface area contributed by atoms with Crippen LogP contribution in [0, 0.1) is 0 Å². The lowest BCUT2D eigenvalue weighted by Gasteiger charge is -2.19. The Bertz CT molecular complexity index is 431. The number of rotatable bonds is 4. The van der Waals surface area contributed by atoms with E-state index in [9.17, 15) is 9.59 Å². The molecule has 0 radical (unpaired) electrons. The predicted molar refractivity (Wildman–Crippen MR) is 70.4 cm³/mol. The summed E-state index contributed by atoms with van der Waals surface area (Å²) in [7, 11) is 0. The normalized spacial score (nSPS) is 12.8. The third kappa shape index (κ3) is 4.72. The van der Waals surface area contributed by atoms with E-state index in [4.69, 9.17) is 39.9 Å². The van der Waals surface area contributed by atoms with E-state index >= 15 is 0 Å². The molecular formula is C11H10Cl3NO3. The van der Waals surface area contributed by atoms with Gasteiger partial charge in [0.25, 0.3) is 3.79 Å². The highest BCUT2D eigenvalue weighted by Crippen LogP contribution is 2.29.